The van der Waals surface area contributed by atoms with Crippen LogP contribution in [-0.2, 0) is 21.2 Å². The Labute approximate surface area is 193 Å². The molecule has 0 unspecified atom stereocenters. The second-order valence-corrected chi connectivity index (χ2v) is 10.1. The number of nitrogens with zero attached hydrogens (tertiary/aromatic N) is 1. The van der Waals surface area contributed by atoms with Gasteiger partial charge in [0.15, 0.2) is 0 Å². The smallest absolute Gasteiger partial charge is 0.229 e. The van der Waals surface area contributed by atoms with Gasteiger partial charge >= 0.3 is 0 Å². The van der Waals surface area contributed by atoms with E-state index in [1.807, 2.05) is 18.2 Å². The molecule has 0 aliphatic carbocycles. The molecule has 1 amide bonds. The number of hydrogen-bond donors (Lipinski definition) is 2. The Balaban J connectivity index is 1.22. The molecule has 0 atom stereocenters. The molecule has 0 saturated carbocycles. The Morgan fingerprint density at radius 2 is 1.88 bits per heavy atom. The van der Waals surface area contributed by atoms with Gasteiger partial charge in [-0.1, -0.05) is 6.07 Å². The molecule has 0 spiro atoms. The minimum atomic E-state index is -3.57. The zero-order valence-corrected chi connectivity index (χ0v) is 19.3. The van der Waals surface area contributed by atoms with Crippen molar-refractivity contribution in [2.45, 2.75) is 31.8 Å². The first kappa shape index (κ1) is 23.3. The monoisotopic (exact) mass is 477 g/mol. The summed E-state index contributed by atoms with van der Waals surface area (Å²) < 4.78 is 50.5. The van der Waals surface area contributed by atoms with E-state index in [4.69, 9.17) is 9.47 Å². The number of likely N-dealkylation sites (tertiary alicyclic amines) is 1. The van der Waals surface area contributed by atoms with Crippen molar-refractivity contribution in [3.05, 3.63) is 47.8 Å². The Bertz CT molecular complexity index is 1120. The minimum Gasteiger partial charge on any atom is -0.492 e. The molecule has 0 aromatic heterocycles. The van der Waals surface area contributed by atoms with Crippen molar-refractivity contribution in [3.8, 4) is 11.5 Å². The van der Waals surface area contributed by atoms with E-state index in [1.165, 1.54) is 18.2 Å². The quantitative estimate of drug-likeness (QED) is 0.607. The van der Waals surface area contributed by atoms with E-state index in [9.17, 15) is 17.6 Å². The fourth-order valence-electron chi connectivity index (χ4n) is 4.03. The molecule has 0 bridgehead atoms. The van der Waals surface area contributed by atoms with E-state index in [-0.39, 0.29) is 17.7 Å². The number of sulfonamides is 1. The van der Waals surface area contributed by atoms with Gasteiger partial charge in [-0.15, -0.1) is 0 Å². The first-order valence-electron chi connectivity index (χ1n) is 11.0. The summed E-state index contributed by atoms with van der Waals surface area (Å²) in [7, 11) is -3.57. The molecular formula is C23H28FN3O5S. The fourth-order valence-corrected chi connectivity index (χ4v) is 4.59. The third kappa shape index (κ3) is 6.58. The maximum absolute atomic E-state index is 13.8. The second-order valence-electron chi connectivity index (χ2n) is 8.39. The van der Waals surface area contributed by atoms with Gasteiger partial charge in [-0.25, -0.2) is 12.8 Å². The molecule has 4 rings (SSSR count). The number of anilines is 2. The number of rotatable bonds is 8. The summed E-state index contributed by atoms with van der Waals surface area (Å²) in [6, 6.07) is 9.89. The SMILES string of the molecule is CS(=O)(=O)Nc1cc(OCCN2CCC(Oc3ccc4c(c3)NC(=O)CC4)CC2)ccc1F. The van der Waals surface area contributed by atoms with Crippen molar-refractivity contribution in [1.82, 2.24) is 4.90 Å². The Morgan fingerprint density at radius 3 is 2.64 bits per heavy atom. The second kappa shape index (κ2) is 9.96. The lowest BCUT2D eigenvalue weighted by atomic mass is 10.0. The topological polar surface area (TPSA) is 97.0 Å². The Hall–Kier alpha value is -2.85. The van der Waals surface area contributed by atoms with Gasteiger partial charge in [0.2, 0.25) is 15.9 Å². The van der Waals surface area contributed by atoms with Gasteiger partial charge in [0, 0.05) is 43.9 Å². The molecule has 1 fully saturated rings. The van der Waals surface area contributed by atoms with Crippen LogP contribution in [0.3, 0.4) is 0 Å². The highest BCUT2D eigenvalue weighted by Crippen LogP contribution is 2.29. The average molecular weight is 478 g/mol. The summed E-state index contributed by atoms with van der Waals surface area (Å²) in [5.74, 6) is 0.558. The number of ether oxygens (including phenoxy) is 2. The van der Waals surface area contributed by atoms with Crippen LogP contribution in [0.2, 0.25) is 0 Å². The Morgan fingerprint density at radius 1 is 1.12 bits per heavy atom. The lowest BCUT2D eigenvalue weighted by molar-refractivity contribution is -0.116. The highest BCUT2D eigenvalue weighted by Gasteiger charge is 2.22. The van der Waals surface area contributed by atoms with Crippen LogP contribution in [-0.4, -0.2) is 57.8 Å². The number of benzene rings is 2. The average Bonchev–Trinajstić information content (AvgIpc) is 2.76. The lowest BCUT2D eigenvalue weighted by Gasteiger charge is -2.32. The van der Waals surface area contributed by atoms with Crippen molar-refractivity contribution < 1.29 is 27.1 Å². The van der Waals surface area contributed by atoms with Crippen molar-refractivity contribution in [3.63, 3.8) is 0 Å². The van der Waals surface area contributed by atoms with E-state index >= 15 is 0 Å². The van der Waals surface area contributed by atoms with Crippen molar-refractivity contribution >= 4 is 27.3 Å². The predicted octanol–water partition coefficient (Wildman–Crippen LogP) is 3.00. The van der Waals surface area contributed by atoms with Crippen LogP contribution >= 0.6 is 0 Å². The van der Waals surface area contributed by atoms with E-state index in [1.54, 1.807) is 0 Å². The number of nitrogens with one attached hydrogen (secondary N) is 2. The third-order valence-corrected chi connectivity index (χ3v) is 6.31. The van der Waals surface area contributed by atoms with Crippen LogP contribution in [0, 0.1) is 5.82 Å². The van der Waals surface area contributed by atoms with Gasteiger partial charge in [0.25, 0.3) is 0 Å². The summed E-state index contributed by atoms with van der Waals surface area (Å²) >= 11 is 0. The molecule has 8 nitrogen and oxygen atoms in total. The normalized spacial score (nSPS) is 17.2. The number of carbonyl (C=O) groups is 1. The number of fused-ring (bicyclic) bond motifs is 1. The van der Waals surface area contributed by atoms with E-state index in [0.29, 0.717) is 25.3 Å². The molecule has 2 aromatic carbocycles. The molecule has 10 heteroatoms. The summed E-state index contributed by atoms with van der Waals surface area (Å²) in [4.78, 5) is 13.9. The molecule has 2 aliphatic rings. The highest BCUT2D eigenvalue weighted by molar-refractivity contribution is 7.92. The van der Waals surface area contributed by atoms with Crippen molar-refractivity contribution in [2.24, 2.45) is 0 Å². The number of piperidine rings is 1. The Kier molecular flexibility index (Phi) is 7.04. The van der Waals surface area contributed by atoms with E-state index in [0.717, 1.165) is 55.6 Å². The number of hydrogen-bond acceptors (Lipinski definition) is 6. The fraction of sp³-hybridized carbons (Fsp3) is 0.435. The molecular weight excluding hydrogens is 449 g/mol. The summed E-state index contributed by atoms with van der Waals surface area (Å²) in [5, 5.41) is 2.90. The molecule has 0 radical (unpaired) electrons. The molecule has 2 aromatic rings. The molecule has 178 valence electrons. The number of amides is 1. The number of aryl methyl sites for hydroxylation is 1. The molecule has 2 aliphatic heterocycles. The van der Waals surface area contributed by atoms with Crippen LogP contribution in [0.25, 0.3) is 0 Å². The van der Waals surface area contributed by atoms with Gasteiger partial charge in [-0.05, 0) is 43.0 Å². The zero-order chi connectivity index (χ0) is 23.4. The maximum Gasteiger partial charge on any atom is 0.229 e. The molecule has 2 heterocycles. The molecule has 33 heavy (non-hydrogen) atoms. The van der Waals surface area contributed by atoms with Gasteiger partial charge in [-0.2, -0.15) is 0 Å². The van der Waals surface area contributed by atoms with Crippen molar-refractivity contribution in [1.29, 1.82) is 0 Å². The summed E-state index contributed by atoms with van der Waals surface area (Å²) in [6.45, 7) is 2.82. The first-order chi connectivity index (χ1) is 15.7. The maximum atomic E-state index is 13.8. The highest BCUT2D eigenvalue weighted by atomic mass is 32.2. The number of halogens is 1. The van der Waals surface area contributed by atoms with E-state index in [2.05, 4.69) is 14.9 Å². The minimum absolute atomic E-state index is 0.0405. The van der Waals surface area contributed by atoms with Crippen LogP contribution in [0.4, 0.5) is 15.8 Å². The zero-order valence-electron chi connectivity index (χ0n) is 18.5. The number of carbonyl (C=O) groups excluding carboxylic acids is 1. The summed E-state index contributed by atoms with van der Waals surface area (Å²) in [5.41, 5.74) is 1.85. The lowest BCUT2D eigenvalue weighted by Crippen LogP contribution is -2.40. The van der Waals surface area contributed by atoms with Crippen LogP contribution in [0.15, 0.2) is 36.4 Å². The van der Waals surface area contributed by atoms with Crippen LogP contribution < -0.4 is 19.5 Å². The van der Waals surface area contributed by atoms with Gasteiger partial charge in [-0.3, -0.25) is 14.4 Å². The van der Waals surface area contributed by atoms with Crippen molar-refractivity contribution in [2.75, 3.05) is 42.5 Å². The van der Waals surface area contributed by atoms with E-state index < -0.39 is 15.8 Å². The largest absolute Gasteiger partial charge is 0.492 e. The van der Waals surface area contributed by atoms with Gasteiger partial charge in [0.1, 0.15) is 30.0 Å². The third-order valence-electron chi connectivity index (χ3n) is 5.72. The standard InChI is InChI=1S/C23H28FN3O5S/c1-33(29,30)26-22-14-18(5-6-20(22)24)31-13-12-27-10-8-17(9-11-27)32-19-4-2-16-3-7-23(28)25-21(16)15-19/h2,4-6,14-15,17,26H,3,7-13H2,1H3,(H,25,28). The molecule has 1 saturated heterocycles. The van der Waals surface area contributed by atoms with Crippen LogP contribution in [0.5, 0.6) is 11.5 Å². The van der Waals surface area contributed by atoms with Crippen LogP contribution in [0.1, 0.15) is 24.8 Å². The molecule has 2 N–H and O–H groups in total. The first-order valence-corrected chi connectivity index (χ1v) is 12.9. The van der Waals surface area contributed by atoms with Gasteiger partial charge < -0.3 is 14.8 Å². The predicted molar refractivity (Wildman–Crippen MR) is 124 cm³/mol. The van der Waals surface area contributed by atoms with Gasteiger partial charge in [0.05, 0.1) is 11.9 Å². The summed E-state index contributed by atoms with van der Waals surface area (Å²) in [6.07, 6.45) is 4.12.